The van der Waals surface area contributed by atoms with Crippen molar-refractivity contribution in [1.82, 2.24) is 5.32 Å². The van der Waals surface area contributed by atoms with Crippen molar-refractivity contribution in [2.75, 3.05) is 5.75 Å². The van der Waals surface area contributed by atoms with Gasteiger partial charge in [-0.05, 0) is 55.7 Å². The summed E-state index contributed by atoms with van der Waals surface area (Å²) in [6, 6.07) is 4.78. The van der Waals surface area contributed by atoms with E-state index < -0.39 is 0 Å². The number of rotatable bonds is 4. The Hall–Kier alpha value is -1.03. The molecule has 1 aliphatic rings. The average Bonchev–Trinajstić information content (AvgIpc) is 2.80. The average molecular weight is 281 g/mol. The highest BCUT2D eigenvalue weighted by Crippen LogP contribution is 2.29. The van der Waals surface area contributed by atoms with Crippen LogP contribution in [0.3, 0.4) is 0 Å². The Balaban J connectivity index is 1.92. The zero-order valence-corrected chi connectivity index (χ0v) is 12.2. The minimum absolute atomic E-state index is 0.0877. The second kappa shape index (κ2) is 6.42. The van der Waals surface area contributed by atoms with Crippen molar-refractivity contribution in [2.24, 2.45) is 0 Å². The van der Waals surface area contributed by atoms with Crippen molar-refractivity contribution < 1.29 is 9.18 Å². The van der Waals surface area contributed by atoms with Gasteiger partial charge < -0.3 is 5.32 Å². The number of carbonyl (C=O) groups is 1. The summed E-state index contributed by atoms with van der Waals surface area (Å²) >= 11 is 1.97. The first-order chi connectivity index (χ1) is 9.10. The van der Waals surface area contributed by atoms with Gasteiger partial charge in [0, 0.05) is 16.9 Å². The summed E-state index contributed by atoms with van der Waals surface area (Å²) in [5.41, 5.74) is 1.06. The molecule has 0 aromatic heterocycles. The van der Waals surface area contributed by atoms with Crippen LogP contribution in [0.4, 0.5) is 4.39 Å². The summed E-state index contributed by atoms with van der Waals surface area (Å²) in [6.07, 6.45) is 3.26. The van der Waals surface area contributed by atoms with Crippen LogP contribution in [0.15, 0.2) is 18.2 Å². The van der Waals surface area contributed by atoms with Crippen LogP contribution in [0.25, 0.3) is 0 Å². The van der Waals surface area contributed by atoms with E-state index in [0.717, 1.165) is 18.6 Å². The van der Waals surface area contributed by atoms with Gasteiger partial charge in [0.2, 0.25) is 0 Å². The fourth-order valence-corrected chi connectivity index (χ4v) is 3.66. The number of hydrogen-bond acceptors (Lipinski definition) is 2. The molecule has 2 atom stereocenters. The Morgan fingerprint density at radius 3 is 2.95 bits per heavy atom. The highest BCUT2D eigenvalue weighted by molar-refractivity contribution is 7.99. The molecular formula is C15H20FNOS. The molecule has 1 aromatic rings. The summed E-state index contributed by atoms with van der Waals surface area (Å²) < 4.78 is 13.2. The molecule has 1 N–H and O–H groups in total. The van der Waals surface area contributed by atoms with Gasteiger partial charge in [-0.3, -0.25) is 4.79 Å². The minimum Gasteiger partial charge on any atom is -0.349 e. The van der Waals surface area contributed by atoms with Gasteiger partial charge >= 0.3 is 0 Å². The Morgan fingerprint density at radius 1 is 1.47 bits per heavy atom. The molecule has 1 aliphatic carbocycles. The fraction of sp³-hybridized carbons (Fsp3) is 0.533. The van der Waals surface area contributed by atoms with Gasteiger partial charge in [-0.15, -0.1) is 0 Å². The van der Waals surface area contributed by atoms with Crippen LogP contribution in [-0.2, 0) is 0 Å². The lowest BCUT2D eigenvalue weighted by atomic mass is 10.1. The molecule has 2 unspecified atom stereocenters. The lowest BCUT2D eigenvalue weighted by Gasteiger charge is -2.13. The number of nitrogens with one attached hydrogen (secondary N) is 1. The fourth-order valence-electron chi connectivity index (χ4n) is 2.51. The molecule has 0 bridgehead atoms. The number of aryl methyl sites for hydroxylation is 1. The predicted molar refractivity (Wildman–Crippen MR) is 78.2 cm³/mol. The van der Waals surface area contributed by atoms with Crippen molar-refractivity contribution in [1.29, 1.82) is 0 Å². The van der Waals surface area contributed by atoms with Gasteiger partial charge in [-0.1, -0.05) is 6.92 Å². The zero-order valence-electron chi connectivity index (χ0n) is 11.4. The Labute approximate surface area is 118 Å². The molecule has 0 spiro atoms. The molecule has 19 heavy (non-hydrogen) atoms. The highest BCUT2D eigenvalue weighted by atomic mass is 32.2. The van der Waals surface area contributed by atoms with Crippen molar-refractivity contribution in [3.8, 4) is 0 Å². The van der Waals surface area contributed by atoms with E-state index in [1.165, 1.54) is 12.5 Å². The second-order valence-corrected chi connectivity index (χ2v) is 6.60. The lowest BCUT2D eigenvalue weighted by Crippen LogP contribution is -2.33. The quantitative estimate of drug-likeness (QED) is 0.914. The first-order valence-corrected chi connectivity index (χ1v) is 7.83. The third-order valence-corrected chi connectivity index (χ3v) is 4.78. The normalized spacial score (nSPS) is 22.5. The molecule has 1 saturated carbocycles. The maximum Gasteiger partial charge on any atom is 0.251 e. The standard InChI is InChI=1S/C15H20FNOS/c1-3-19-13-6-5-12(9-13)17-15(18)11-4-7-14(16)10(2)8-11/h4,7-8,12-13H,3,5-6,9H2,1-2H3,(H,17,18). The third-order valence-electron chi connectivity index (χ3n) is 3.54. The maximum atomic E-state index is 13.2. The molecule has 2 nitrogen and oxygen atoms in total. The molecule has 0 aliphatic heterocycles. The van der Waals surface area contributed by atoms with E-state index >= 15 is 0 Å². The zero-order chi connectivity index (χ0) is 13.8. The van der Waals surface area contributed by atoms with Crippen molar-refractivity contribution >= 4 is 17.7 Å². The number of hydrogen-bond donors (Lipinski definition) is 1. The number of carbonyl (C=O) groups excluding carboxylic acids is 1. The summed E-state index contributed by atoms with van der Waals surface area (Å²) in [4.78, 5) is 12.1. The minimum atomic E-state index is -0.267. The SMILES string of the molecule is CCSC1CCC(NC(=O)c2ccc(F)c(C)c2)C1. The smallest absolute Gasteiger partial charge is 0.251 e. The van der Waals surface area contributed by atoms with Crippen LogP contribution in [0.1, 0.15) is 42.1 Å². The molecule has 2 rings (SSSR count). The van der Waals surface area contributed by atoms with Gasteiger partial charge in [0.05, 0.1) is 0 Å². The first-order valence-electron chi connectivity index (χ1n) is 6.78. The van der Waals surface area contributed by atoms with E-state index in [9.17, 15) is 9.18 Å². The van der Waals surface area contributed by atoms with Crippen LogP contribution in [0.2, 0.25) is 0 Å². The molecule has 1 amide bonds. The summed E-state index contributed by atoms with van der Waals surface area (Å²) in [6.45, 7) is 3.84. The maximum absolute atomic E-state index is 13.2. The number of benzene rings is 1. The van der Waals surface area contributed by atoms with Crippen molar-refractivity contribution in [2.45, 2.75) is 44.4 Å². The Kier molecular flexibility index (Phi) is 4.86. The monoisotopic (exact) mass is 281 g/mol. The highest BCUT2D eigenvalue weighted by Gasteiger charge is 2.26. The number of halogens is 1. The van der Waals surface area contributed by atoms with Gasteiger partial charge in [-0.25, -0.2) is 4.39 Å². The van der Waals surface area contributed by atoms with E-state index in [0.29, 0.717) is 16.4 Å². The van der Waals surface area contributed by atoms with Crippen LogP contribution in [0.5, 0.6) is 0 Å². The molecule has 1 aromatic carbocycles. The summed E-state index contributed by atoms with van der Waals surface area (Å²) in [7, 11) is 0. The van der Waals surface area contributed by atoms with E-state index in [1.54, 1.807) is 19.1 Å². The lowest BCUT2D eigenvalue weighted by molar-refractivity contribution is 0.0938. The van der Waals surface area contributed by atoms with Crippen molar-refractivity contribution in [3.63, 3.8) is 0 Å². The largest absolute Gasteiger partial charge is 0.349 e. The van der Waals surface area contributed by atoms with Gasteiger partial charge in [0.25, 0.3) is 5.91 Å². The van der Waals surface area contributed by atoms with Gasteiger partial charge in [0.15, 0.2) is 0 Å². The van der Waals surface area contributed by atoms with E-state index in [-0.39, 0.29) is 17.8 Å². The molecule has 0 radical (unpaired) electrons. The summed E-state index contributed by atoms with van der Waals surface area (Å²) in [5.74, 6) is 0.773. The van der Waals surface area contributed by atoms with E-state index in [2.05, 4.69) is 12.2 Å². The topological polar surface area (TPSA) is 29.1 Å². The van der Waals surface area contributed by atoms with Crippen molar-refractivity contribution in [3.05, 3.63) is 35.1 Å². The van der Waals surface area contributed by atoms with Crippen LogP contribution >= 0.6 is 11.8 Å². The number of thioether (sulfide) groups is 1. The molecular weight excluding hydrogens is 261 g/mol. The predicted octanol–water partition coefficient (Wildman–Crippen LogP) is 3.54. The van der Waals surface area contributed by atoms with E-state index in [4.69, 9.17) is 0 Å². The molecule has 0 heterocycles. The molecule has 1 fully saturated rings. The first kappa shape index (κ1) is 14.4. The summed E-state index contributed by atoms with van der Waals surface area (Å²) in [5, 5.41) is 3.73. The van der Waals surface area contributed by atoms with Crippen LogP contribution < -0.4 is 5.32 Å². The van der Waals surface area contributed by atoms with Crippen LogP contribution in [-0.4, -0.2) is 23.0 Å². The van der Waals surface area contributed by atoms with Crippen LogP contribution in [0, 0.1) is 12.7 Å². The Morgan fingerprint density at radius 2 is 2.26 bits per heavy atom. The third kappa shape index (κ3) is 3.72. The second-order valence-electron chi connectivity index (χ2n) is 5.02. The van der Waals surface area contributed by atoms with Gasteiger partial charge in [-0.2, -0.15) is 11.8 Å². The molecule has 4 heteroatoms. The van der Waals surface area contributed by atoms with Gasteiger partial charge in [0.1, 0.15) is 5.82 Å². The molecule has 0 saturated heterocycles. The number of amides is 1. The Bertz CT molecular complexity index is 463. The van der Waals surface area contributed by atoms with E-state index in [1.807, 2.05) is 11.8 Å². The molecule has 104 valence electrons.